The minimum atomic E-state index is -5.06. The van der Waals surface area contributed by atoms with Crippen molar-refractivity contribution in [3.8, 4) is 28.7 Å². The zero-order chi connectivity index (χ0) is 29.1. The Morgan fingerprint density at radius 3 is 2.18 bits per heavy atom. The van der Waals surface area contributed by atoms with Crippen LogP contribution in [0.3, 0.4) is 0 Å². The van der Waals surface area contributed by atoms with Gasteiger partial charge in [-0.2, -0.15) is 13.2 Å². The second-order valence-electron chi connectivity index (χ2n) is 7.54. The van der Waals surface area contributed by atoms with Crippen LogP contribution in [0.2, 0.25) is 0 Å². The summed E-state index contributed by atoms with van der Waals surface area (Å²) in [5.41, 5.74) is 2.92. The Bertz CT molecular complexity index is 1410. The summed E-state index contributed by atoms with van der Waals surface area (Å²) < 4.78 is 98.0. The van der Waals surface area contributed by atoms with Gasteiger partial charge in [-0.15, -0.1) is 13.2 Å². The van der Waals surface area contributed by atoms with Gasteiger partial charge in [0, 0.05) is 18.0 Å². The number of aromatic nitrogens is 2. The molecule has 2 heterocycles. The number of rotatable bonds is 8. The summed E-state index contributed by atoms with van der Waals surface area (Å²) in [4.78, 5) is 31.9. The lowest BCUT2D eigenvalue weighted by molar-refractivity contribution is -0.274. The van der Waals surface area contributed by atoms with Crippen molar-refractivity contribution < 1.29 is 54.9 Å². The number of benzene rings is 1. The Labute approximate surface area is 215 Å². The molecule has 0 aliphatic heterocycles. The number of nitrogens with one attached hydrogen (secondary N) is 1. The Morgan fingerprint density at radius 1 is 0.923 bits per heavy atom. The number of hydrogen-bond donors (Lipinski definition) is 2. The van der Waals surface area contributed by atoms with Gasteiger partial charge in [-0.25, -0.2) is 4.98 Å². The number of carbonyl (C=O) groups is 2. The van der Waals surface area contributed by atoms with E-state index in [0.717, 1.165) is 38.5 Å². The minimum Gasteiger partial charge on any atom is -0.493 e. The highest BCUT2D eigenvalue weighted by Gasteiger charge is 2.40. The zero-order valence-electron chi connectivity index (χ0n) is 20.2. The molecule has 3 N–H and O–H groups in total. The summed E-state index contributed by atoms with van der Waals surface area (Å²) >= 11 is 0. The van der Waals surface area contributed by atoms with E-state index < -0.39 is 52.9 Å². The average molecular weight is 560 g/mol. The van der Waals surface area contributed by atoms with Gasteiger partial charge >= 0.3 is 12.5 Å². The third-order valence-corrected chi connectivity index (χ3v) is 4.89. The number of aryl methyl sites for hydroxylation is 1. The predicted molar refractivity (Wildman–Crippen MR) is 121 cm³/mol. The molecule has 0 saturated heterocycles. The summed E-state index contributed by atoms with van der Waals surface area (Å²) in [5, 5.41) is 2.35. The molecule has 3 aromatic rings. The van der Waals surface area contributed by atoms with Gasteiger partial charge in [0.1, 0.15) is 17.0 Å². The van der Waals surface area contributed by atoms with Gasteiger partial charge in [-0.1, -0.05) is 0 Å². The molecule has 2 amide bonds. The van der Waals surface area contributed by atoms with Crippen LogP contribution in [0.15, 0.2) is 36.7 Å². The molecule has 0 spiro atoms. The summed E-state index contributed by atoms with van der Waals surface area (Å²) in [5.74, 6) is -5.02. The van der Waals surface area contributed by atoms with E-state index in [0.29, 0.717) is 11.8 Å². The number of amides is 2. The molecule has 0 atom stereocenters. The number of pyridine rings is 2. The molecule has 16 heteroatoms. The molecular formula is C23H18F6N4O6. The van der Waals surface area contributed by atoms with Gasteiger partial charge < -0.3 is 30.0 Å². The predicted octanol–water partition coefficient (Wildman–Crippen LogP) is 4.86. The molecule has 3 rings (SSSR count). The molecule has 0 saturated carbocycles. The number of halogens is 6. The fourth-order valence-corrected chi connectivity index (χ4v) is 3.20. The maximum atomic E-state index is 13.7. The fraction of sp³-hybridized carbons (Fsp3) is 0.217. The molecule has 0 radical (unpaired) electrons. The topological polar surface area (TPSA) is 135 Å². The first-order chi connectivity index (χ1) is 18.1. The summed E-state index contributed by atoms with van der Waals surface area (Å²) in [6, 6.07) is 3.74. The number of alkyl halides is 6. The fourth-order valence-electron chi connectivity index (χ4n) is 3.20. The number of methoxy groups -OCH3 is 2. The number of nitrogens with zero attached hydrogens (tertiary/aromatic N) is 2. The average Bonchev–Trinajstić information content (AvgIpc) is 2.83. The number of ether oxygens (including phenoxy) is 4. The molecule has 0 fully saturated rings. The van der Waals surface area contributed by atoms with E-state index in [4.69, 9.17) is 19.9 Å². The van der Waals surface area contributed by atoms with Crippen molar-refractivity contribution in [3.63, 3.8) is 0 Å². The number of nitrogens with two attached hydrogens (primary N) is 1. The molecule has 0 aliphatic rings. The van der Waals surface area contributed by atoms with Gasteiger partial charge in [0.15, 0.2) is 28.7 Å². The van der Waals surface area contributed by atoms with Crippen LogP contribution in [0.4, 0.5) is 32.0 Å². The highest BCUT2D eigenvalue weighted by Crippen LogP contribution is 2.43. The van der Waals surface area contributed by atoms with Gasteiger partial charge in [0.05, 0.1) is 20.4 Å². The van der Waals surface area contributed by atoms with Crippen LogP contribution < -0.4 is 30.0 Å². The van der Waals surface area contributed by atoms with E-state index in [9.17, 15) is 35.9 Å². The highest BCUT2D eigenvalue weighted by atomic mass is 19.4. The molecule has 0 aliphatic carbocycles. The van der Waals surface area contributed by atoms with Crippen LogP contribution in [0.25, 0.3) is 0 Å². The lowest BCUT2D eigenvalue weighted by Gasteiger charge is -2.19. The SMILES string of the molecule is COc1cc(OC(F)(F)F)ccc1Oc1cnc(C(F)(F)F)c(OC)c1C(=O)Nc1cc(C(N)=O)ncc1C. The van der Waals surface area contributed by atoms with Crippen LogP contribution in [-0.2, 0) is 6.18 Å². The van der Waals surface area contributed by atoms with Crippen molar-refractivity contribution >= 4 is 17.5 Å². The van der Waals surface area contributed by atoms with Crippen molar-refractivity contribution in [2.45, 2.75) is 19.5 Å². The van der Waals surface area contributed by atoms with E-state index in [1.807, 2.05) is 0 Å². The standard InChI is InChI=1S/C23H18F6N4O6/c1-10-8-31-13(20(30)34)7-12(10)33-21(35)17-16(9-32-19(18(17)37-3)22(24,25)26)38-14-5-4-11(6-15(14)36-2)39-23(27,28)29/h4-9H,1-3H3,(H2,30,34)(H,31,33,35). The Kier molecular flexibility index (Phi) is 8.07. The third kappa shape index (κ3) is 6.77. The number of primary amides is 1. The molecule has 0 unspecified atom stereocenters. The Balaban J connectivity index is 2.13. The maximum Gasteiger partial charge on any atom is 0.573 e. The molecular weight excluding hydrogens is 542 g/mol. The van der Waals surface area contributed by atoms with E-state index >= 15 is 0 Å². The van der Waals surface area contributed by atoms with Crippen molar-refractivity contribution in [3.05, 3.63) is 59.2 Å². The van der Waals surface area contributed by atoms with Crippen LogP contribution in [-0.4, -0.2) is 42.4 Å². The molecule has 10 nitrogen and oxygen atoms in total. The first kappa shape index (κ1) is 28.8. The second kappa shape index (κ2) is 10.9. The van der Waals surface area contributed by atoms with Gasteiger partial charge in [-0.3, -0.25) is 14.6 Å². The van der Waals surface area contributed by atoms with E-state index in [1.165, 1.54) is 13.1 Å². The molecule has 39 heavy (non-hydrogen) atoms. The quantitative estimate of drug-likeness (QED) is 0.373. The van der Waals surface area contributed by atoms with Crippen LogP contribution in [0, 0.1) is 6.92 Å². The normalized spacial score (nSPS) is 11.5. The number of carbonyl (C=O) groups excluding carboxylic acids is 2. The first-order valence-electron chi connectivity index (χ1n) is 10.5. The monoisotopic (exact) mass is 560 g/mol. The molecule has 208 valence electrons. The minimum absolute atomic E-state index is 0.0200. The van der Waals surface area contributed by atoms with Gasteiger partial charge in [0.25, 0.3) is 11.8 Å². The molecule has 0 bridgehead atoms. The largest absolute Gasteiger partial charge is 0.573 e. The van der Waals surface area contributed by atoms with Gasteiger partial charge in [-0.05, 0) is 30.7 Å². The number of anilines is 1. The van der Waals surface area contributed by atoms with Gasteiger partial charge in [0.2, 0.25) is 0 Å². The maximum absolute atomic E-state index is 13.7. The zero-order valence-corrected chi connectivity index (χ0v) is 20.2. The molecule has 2 aromatic heterocycles. The second-order valence-corrected chi connectivity index (χ2v) is 7.54. The van der Waals surface area contributed by atoms with Crippen LogP contribution in [0.5, 0.6) is 28.7 Å². The van der Waals surface area contributed by atoms with Crippen molar-refractivity contribution in [2.24, 2.45) is 5.73 Å². The van der Waals surface area contributed by atoms with E-state index in [2.05, 4.69) is 20.0 Å². The van der Waals surface area contributed by atoms with E-state index in [-0.39, 0.29) is 22.9 Å². The molecule has 1 aromatic carbocycles. The summed E-state index contributed by atoms with van der Waals surface area (Å²) in [6.45, 7) is 1.49. The highest BCUT2D eigenvalue weighted by molar-refractivity contribution is 6.09. The first-order valence-corrected chi connectivity index (χ1v) is 10.5. The van der Waals surface area contributed by atoms with Crippen molar-refractivity contribution in [1.82, 2.24) is 9.97 Å². The van der Waals surface area contributed by atoms with Crippen molar-refractivity contribution in [2.75, 3.05) is 19.5 Å². The Hall–Kier alpha value is -4.76. The Morgan fingerprint density at radius 2 is 1.62 bits per heavy atom. The third-order valence-electron chi connectivity index (χ3n) is 4.89. The lowest BCUT2D eigenvalue weighted by Crippen LogP contribution is -2.20. The van der Waals surface area contributed by atoms with E-state index in [1.54, 1.807) is 0 Å². The summed E-state index contributed by atoms with van der Waals surface area (Å²) in [6.07, 6.45) is -8.29. The lowest BCUT2D eigenvalue weighted by atomic mass is 10.1. The number of hydrogen-bond acceptors (Lipinski definition) is 8. The van der Waals surface area contributed by atoms with Crippen LogP contribution >= 0.6 is 0 Å². The smallest absolute Gasteiger partial charge is 0.493 e. The summed E-state index contributed by atoms with van der Waals surface area (Å²) in [7, 11) is 1.95. The van der Waals surface area contributed by atoms with Crippen LogP contribution in [0.1, 0.15) is 32.1 Å². The van der Waals surface area contributed by atoms with Crippen molar-refractivity contribution in [1.29, 1.82) is 0 Å².